The van der Waals surface area contributed by atoms with Crippen LogP contribution in [0.1, 0.15) is 41.0 Å². The first-order chi connectivity index (χ1) is 7.99. The minimum absolute atomic E-state index is 0.142. The lowest BCUT2D eigenvalue weighted by atomic mass is 9.89. The lowest BCUT2D eigenvalue weighted by molar-refractivity contribution is -0.0384. The highest BCUT2D eigenvalue weighted by molar-refractivity contribution is 5.83. The Morgan fingerprint density at radius 1 is 1.47 bits per heavy atom. The number of ether oxygens (including phenoxy) is 1. The summed E-state index contributed by atoms with van der Waals surface area (Å²) in [6.07, 6.45) is 0.880. The van der Waals surface area contributed by atoms with Crippen LogP contribution in [0.15, 0.2) is 5.16 Å². The van der Waals surface area contributed by atoms with E-state index in [-0.39, 0.29) is 5.60 Å². The molecule has 1 aliphatic heterocycles. The van der Waals surface area contributed by atoms with E-state index < -0.39 is 0 Å². The van der Waals surface area contributed by atoms with E-state index in [9.17, 15) is 0 Å². The number of amidine groups is 1. The van der Waals surface area contributed by atoms with E-state index in [4.69, 9.17) is 9.57 Å². The van der Waals surface area contributed by atoms with Crippen molar-refractivity contribution in [1.29, 1.82) is 0 Å². The molecule has 0 bridgehead atoms. The number of rotatable bonds is 4. The summed E-state index contributed by atoms with van der Waals surface area (Å²) in [5, 5.41) is 4.15. The maximum Gasteiger partial charge on any atom is 0.148 e. The molecule has 4 nitrogen and oxygen atoms in total. The summed E-state index contributed by atoms with van der Waals surface area (Å²) in [5.74, 6) is 1.48. The molecule has 0 aromatic rings. The van der Waals surface area contributed by atoms with Gasteiger partial charge in [-0.3, -0.25) is 0 Å². The van der Waals surface area contributed by atoms with Gasteiger partial charge in [0.1, 0.15) is 11.4 Å². The first-order valence-electron chi connectivity index (χ1n) is 6.44. The molecule has 0 fully saturated rings. The largest absolute Gasteiger partial charge is 0.387 e. The quantitative estimate of drug-likeness (QED) is 0.762. The second-order valence-corrected chi connectivity index (χ2v) is 4.66. The molecule has 1 atom stereocenters. The highest BCUT2D eigenvalue weighted by atomic mass is 16.7. The first-order valence-corrected chi connectivity index (χ1v) is 6.44. The average molecular weight is 244 g/mol. The molecule has 0 amide bonds. The van der Waals surface area contributed by atoms with Crippen LogP contribution in [0.4, 0.5) is 0 Å². The minimum Gasteiger partial charge on any atom is -0.387 e. The Bertz CT molecular complexity index is 242. The Kier molecular flexibility index (Phi) is 7.19. The van der Waals surface area contributed by atoms with Crippen LogP contribution in [0.5, 0.6) is 0 Å². The van der Waals surface area contributed by atoms with Crippen LogP contribution >= 0.6 is 0 Å². The van der Waals surface area contributed by atoms with Gasteiger partial charge in [-0.1, -0.05) is 32.9 Å². The van der Waals surface area contributed by atoms with E-state index in [1.165, 1.54) is 0 Å². The summed E-state index contributed by atoms with van der Waals surface area (Å²) in [7, 11) is 3.73. The molecule has 0 aromatic heterocycles. The molecule has 1 heterocycles. The molecule has 17 heavy (non-hydrogen) atoms. The minimum atomic E-state index is -0.142. The molecule has 0 aromatic carbocycles. The molecule has 0 radical (unpaired) electrons. The van der Waals surface area contributed by atoms with Crippen molar-refractivity contribution in [3.05, 3.63) is 0 Å². The van der Waals surface area contributed by atoms with Gasteiger partial charge in [-0.25, -0.2) is 0 Å². The smallest absolute Gasteiger partial charge is 0.148 e. The van der Waals surface area contributed by atoms with Gasteiger partial charge in [-0.2, -0.15) is 0 Å². The van der Waals surface area contributed by atoms with E-state index in [1.807, 2.05) is 20.9 Å². The molecule has 0 spiro atoms. The van der Waals surface area contributed by atoms with Crippen molar-refractivity contribution in [2.45, 2.75) is 46.6 Å². The fourth-order valence-electron chi connectivity index (χ4n) is 1.41. The van der Waals surface area contributed by atoms with Crippen LogP contribution in [0.3, 0.4) is 0 Å². The normalized spacial score (nSPS) is 22.7. The van der Waals surface area contributed by atoms with E-state index in [0.717, 1.165) is 18.8 Å². The monoisotopic (exact) mass is 244 g/mol. The van der Waals surface area contributed by atoms with Gasteiger partial charge in [0.25, 0.3) is 0 Å². The first kappa shape index (κ1) is 16.2. The molecule has 1 rings (SSSR count). The maximum absolute atomic E-state index is 5.52. The van der Waals surface area contributed by atoms with Gasteiger partial charge >= 0.3 is 0 Å². The molecule has 0 saturated carbocycles. The highest BCUT2D eigenvalue weighted by Gasteiger charge is 2.38. The topological polar surface area (TPSA) is 34.1 Å². The second kappa shape index (κ2) is 7.54. The molecular weight excluding hydrogens is 216 g/mol. The van der Waals surface area contributed by atoms with E-state index in [0.29, 0.717) is 12.5 Å². The number of oxime groups is 1. The summed E-state index contributed by atoms with van der Waals surface area (Å²) < 4.78 is 5.03. The van der Waals surface area contributed by atoms with E-state index in [1.54, 1.807) is 7.11 Å². The fourth-order valence-corrected chi connectivity index (χ4v) is 1.41. The third-order valence-electron chi connectivity index (χ3n) is 3.16. The zero-order valence-electron chi connectivity index (χ0n) is 12.4. The summed E-state index contributed by atoms with van der Waals surface area (Å²) in [5.41, 5.74) is -0.142. The van der Waals surface area contributed by atoms with Gasteiger partial charge in [0, 0.05) is 20.7 Å². The molecule has 1 unspecified atom stereocenters. The Hall–Kier alpha value is -0.770. The van der Waals surface area contributed by atoms with Crippen LogP contribution in [0, 0.1) is 5.92 Å². The Morgan fingerprint density at radius 3 is 2.47 bits per heavy atom. The number of methoxy groups -OCH3 is 1. The van der Waals surface area contributed by atoms with Crippen LogP contribution in [0.25, 0.3) is 0 Å². The molecule has 0 N–H and O–H groups in total. The number of hydrogen-bond donors (Lipinski definition) is 0. The van der Waals surface area contributed by atoms with Crippen molar-refractivity contribution in [3.63, 3.8) is 0 Å². The van der Waals surface area contributed by atoms with Gasteiger partial charge in [0.2, 0.25) is 0 Å². The number of likely N-dealkylation sites (N-methyl/N-ethyl adjacent to an activating group) is 1. The number of nitrogens with zero attached hydrogens (tertiary/aromatic N) is 2. The van der Waals surface area contributed by atoms with Crippen molar-refractivity contribution < 1.29 is 9.57 Å². The van der Waals surface area contributed by atoms with E-state index in [2.05, 4.69) is 30.8 Å². The Morgan fingerprint density at radius 2 is 2.06 bits per heavy atom. The summed E-state index contributed by atoms with van der Waals surface area (Å²) in [6, 6.07) is 0. The van der Waals surface area contributed by atoms with Crippen molar-refractivity contribution in [2.75, 3.05) is 27.3 Å². The third-order valence-corrected chi connectivity index (χ3v) is 3.16. The summed E-state index contributed by atoms with van der Waals surface area (Å²) in [4.78, 5) is 7.62. The van der Waals surface area contributed by atoms with Crippen LogP contribution in [-0.4, -0.2) is 43.6 Å². The number of hydrogen-bond acceptors (Lipinski definition) is 4. The highest BCUT2D eigenvalue weighted by Crippen LogP contribution is 2.31. The van der Waals surface area contributed by atoms with Crippen LogP contribution in [-0.2, 0) is 9.57 Å². The lowest BCUT2D eigenvalue weighted by Crippen LogP contribution is -2.36. The van der Waals surface area contributed by atoms with Crippen LogP contribution in [0.2, 0.25) is 0 Å². The molecule has 4 heteroatoms. The maximum atomic E-state index is 5.52. The third kappa shape index (κ3) is 4.54. The average Bonchev–Trinajstić information content (AvgIpc) is 2.73. The van der Waals surface area contributed by atoms with Crippen molar-refractivity contribution in [1.82, 2.24) is 4.90 Å². The van der Waals surface area contributed by atoms with E-state index >= 15 is 0 Å². The van der Waals surface area contributed by atoms with Crippen molar-refractivity contribution >= 4 is 5.84 Å². The van der Waals surface area contributed by atoms with Gasteiger partial charge < -0.3 is 14.5 Å². The SMILES string of the molecule is CC.COCCN(C)C1=NOC(C)(C(C)C)C1. The van der Waals surface area contributed by atoms with Gasteiger partial charge in [-0.05, 0) is 12.8 Å². The van der Waals surface area contributed by atoms with Crippen LogP contribution < -0.4 is 0 Å². The molecule has 0 saturated heterocycles. The molecular formula is C13H28N2O2. The Labute approximate surface area is 106 Å². The standard InChI is InChI=1S/C11H22N2O2.C2H6/c1-9(2)11(3)8-10(12-15-11)13(4)6-7-14-5;1-2/h9H,6-8H2,1-5H3;1-2H3. The van der Waals surface area contributed by atoms with Gasteiger partial charge in [-0.15, -0.1) is 0 Å². The second-order valence-electron chi connectivity index (χ2n) is 4.66. The van der Waals surface area contributed by atoms with Crippen molar-refractivity contribution in [2.24, 2.45) is 11.1 Å². The molecule has 1 aliphatic rings. The molecule has 0 aliphatic carbocycles. The lowest BCUT2D eigenvalue weighted by Gasteiger charge is -2.26. The predicted octanol–water partition coefficient (Wildman–Crippen LogP) is 2.74. The Balaban J connectivity index is 0.00000121. The fraction of sp³-hybridized carbons (Fsp3) is 0.923. The molecule has 102 valence electrons. The summed E-state index contributed by atoms with van der Waals surface area (Å²) in [6.45, 7) is 12.0. The van der Waals surface area contributed by atoms with Gasteiger partial charge in [0.15, 0.2) is 0 Å². The zero-order chi connectivity index (χ0) is 13.5. The van der Waals surface area contributed by atoms with Gasteiger partial charge in [0.05, 0.1) is 13.0 Å². The summed E-state index contributed by atoms with van der Waals surface area (Å²) >= 11 is 0. The predicted molar refractivity (Wildman–Crippen MR) is 72.2 cm³/mol. The zero-order valence-corrected chi connectivity index (χ0v) is 12.4. The van der Waals surface area contributed by atoms with Crippen molar-refractivity contribution in [3.8, 4) is 0 Å².